The van der Waals surface area contributed by atoms with E-state index in [0.29, 0.717) is 12.4 Å². The Morgan fingerprint density at radius 3 is 1.66 bits per heavy atom. The third-order valence-corrected chi connectivity index (χ3v) is 14.5. The first-order valence-electron chi connectivity index (χ1n) is 24.4. The summed E-state index contributed by atoms with van der Waals surface area (Å²) >= 11 is 2.85. The average molecular weight is 1030 g/mol. The molecule has 0 bridgehead atoms. The number of thioether (sulfide) groups is 2. The number of rotatable bonds is 21. The first-order valence-corrected chi connectivity index (χ1v) is 26.3. The first kappa shape index (κ1) is 52.0. The SMILES string of the molecule is CCS[C@H]1O[C@H](COC(=O)CC(=O)O[C@@H]2[C@@H](OC(=O)c3ccccc3)[C@H](Sc3ccccc3)O[C@@H]3COC(c4ccccc4)O[C@@H]23)[C@@H](OCc2ccccc2)[C@H](OCc2ccccc2)[C@@H]1OCc1ccccc1. The Labute approximate surface area is 434 Å². The molecule has 3 aliphatic heterocycles. The van der Waals surface area contributed by atoms with Crippen LogP contribution in [0.5, 0.6) is 0 Å². The first-order chi connectivity index (χ1) is 35.9. The predicted octanol–water partition coefficient (Wildman–Crippen LogP) is 9.92. The Kier molecular flexibility index (Phi) is 18.8. The molecule has 9 rings (SSSR count). The number of ether oxygens (including phenoxy) is 10. The van der Waals surface area contributed by atoms with E-state index in [2.05, 4.69) is 0 Å². The number of benzene rings is 6. The smallest absolute Gasteiger partial charge is 0.338 e. The number of carbonyl (C=O) groups excluding carboxylic acids is 3. The number of hydrogen-bond acceptors (Lipinski definition) is 15. The van der Waals surface area contributed by atoms with E-state index >= 15 is 0 Å². The molecule has 0 saturated carbocycles. The fraction of sp³-hybridized carbons (Fsp3) is 0.328. The molecule has 6 aromatic carbocycles. The second-order valence-corrected chi connectivity index (χ2v) is 20.0. The second kappa shape index (κ2) is 26.4. The van der Waals surface area contributed by atoms with E-state index in [-0.39, 0.29) is 32.0 Å². The van der Waals surface area contributed by atoms with Crippen molar-refractivity contribution in [2.75, 3.05) is 19.0 Å². The Hall–Kier alpha value is -5.85. The molecule has 0 spiro atoms. The molecule has 3 fully saturated rings. The van der Waals surface area contributed by atoms with Crippen molar-refractivity contribution in [3.8, 4) is 0 Å². The van der Waals surface area contributed by atoms with Crippen LogP contribution in [0.15, 0.2) is 187 Å². The lowest BCUT2D eigenvalue weighted by atomic mass is 9.98. The molecule has 0 aliphatic carbocycles. The molecule has 13 nitrogen and oxygen atoms in total. The summed E-state index contributed by atoms with van der Waals surface area (Å²) in [7, 11) is 0. The van der Waals surface area contributed by atoms with Crippen LogP contribution in [0.25, 0.3) is 0 Å². The van der Waals surface area contributed by atoms with E-state index in [4.69, 9.17) is 47.4 Å². The van der Waals surface area contributed by atoms with Gasteiger partial charge in [0.2, 0.25) is 0 Å². The molecule has 0 radical (unpaired) electrons. The second-order valence-electron chi connectivity index (χ2n) is 17.5. The Morgan fingerprint density at radius 1 is 0.534 bits per heavy atom. The molecule has 0 aromatic heterocycles. The van der Waals surface area contributed by atoms with Gasteiger partial charge in [0.25, 0.3) is 0 Å². The highest BCUT2D eigenvalue weighted by atomic mass is 32.2. The van der Waals surface area contributed by atoms with Crippen molar-refractivity contribution < 1.29 is 61.8 Å². The van der Waals surface area contributed by atoms with Gasteiger partial charge in [-0.05, 0) is 46.7 Å². The van der Waals surface area contributed by atoms with Gasteiger partial charge in [-0.15, -0.1) is 11.8 Å². The van der Waals surface area contributed by atoms with E-state index in [9.17, 15) is 14.4 Å². The summed E-state index contributed by atoms with van der Waals surface area (Å²) < 4.78 is 64.8. The minimum absolute atomic E-state index is 0.0753. The van der Waals surface area contributed by atoms with Crippen LogP contribution >= 0.6 is 23.5 Å². The number of carbonyl (C=O) groups is 3. The average Bonchev–Trinajstić information content (AvgIpc) is 3.43. The molecular formula is C58H58O13S2. The zero-order chi connectivity index (χ0) is 50.2. The quantitative estimate of drug-likeness (QED) is 0.0383. The monoisotopic (exact) mass is 1030 g/mol. The molecule has 3 aliphatic rings. The van der Waals surface area contributed by atoms with Crippen molar-refractivity contribution >= 4 is 41.4 Å². The summed E-state index contributed by atoms with van der Waals surface area (Å²) in [6.45, 7) is 2.59. The fourth-order valence-corrected chi connectivity index (χ4v) is 10.9. The molecule has 11 atom stereocenters. The largest absolute Gasteiger partial charge is 0.462 e. The Balaban J connectivity index is 0.956. The third-order valence-electron chi connectivity index (χ3n) is 12.3. The van der Waals surface area contributed by atoms with Gasteiger partial charge in [-0.3, -0.25) is 9.59 Å². The lowest BCUT2D eigenvalue weighted by Gasteiger charge is -2.48. The van der Waals surface area contributed by atoms with E-state index in [0.717, 1.165) is 27.1 Å². The molecule has 0 N–H and O–H groups in total. The fourth-order valence-electron chi connectivity index (χ4n) is 8.80. The van der Waals surface area contributed by atoms with E-state index in [1.807, 2.05) is 159 Å². The summed E-state index contributed by atoms with van der Waals surface area (Å²) in [5.41, 5.74) is 2.45. The van der Waals surface area contributed by atoms with Crippen LogP contribution in [0.3, 0.4) is 0 Å². The van der Waals surface area contributed by atoms with Crippen LogP contribution in [-0.4, -0.2) is 96.6 Å². The van der Waals surface area contributed by atoms with Gasteiger partial charge in [-0.25, -0.2) is 4.79 Å². The molecule has 6 aromatic rings. The normalized spacial score (nSPS) is 25.7. The van der Waals surface area contributed by atoms with E-state index in [1.165, 1.54) is 11.8 Å². The standard InChI is InChI=1S/C58H58O13S2/c1-2-72-57-53(65-36-41-25-13-5-14-26-41)51(64-35-40-23-11-4-12-24-40)49(63-34-39-21-9-3-10-22-39)45(67-57)37-62-47(59)33-48(60)69-52-50-46(38-66-56(71-50)43-29-17-7-18-30-43)68-58(73-44-31-19-8-20-32-44)54(52)70-55(61)42-27-15-6-16-28-42/h3-32,45-46,49-54,56-58H,2,33-38H2,1H3/t45-,46-,49-,50-,51+,52+,53+,54-,56?,57-,58+/m1/s1. The summed E-state index contributed by atoms with van der Waals surface area (Å²) in [5, 5.41) is 0. The molecular weight excluding hydrogens is 969 g/mol. The number of esters is 3. The third kappa shape index (κ3) is 14.3. The van der Waals surface area contributed by atoms with Crippen LogP contribution in [0.1, 0.15) is 52.2 Å². The summed E-state index contributed by atoms with van der Waals surface area (Å²) in [5.74, 6) is -1.76. The van der Waals surface area contributed by atoms with Crippen molar-refractivity contribution in [1.82, 2.24) is 0 Å². The van der Waals surface area contributed by atoms with E-state index in [1.54, 1.807) is 42.1 Å². The highest BCUT2D eigenvalue weighted by Gasteiger charge is 2.54. The Bertz CT molecular complexity index is 2620. The van der Waals surface area contributed by atoms with Crippen LogP contribution < -0.4 is 0 Å². The van der Waals surface area contributed by atoms with E-state index < -0.39 is 90.3 Å². The highest BCUT2D eigenvalue weighted by Crippen LogP contribution is 2.42. The summed E-state index contributed by atoms with van der Waals surface area (Å²) in [6.07, 6.45) is -8.73. The van der Waals surface area contributed by atoms with Gasteiger partial charge in [0.1, 0.15) is 60.5 Å². The topological polar surface area (TPSA) is 144 Å². The van der Waals surface area contributed by atoms with Gasteiger partial charge in [0.05, 0.1) is 32.0 Å². The van der Waals surface area contributed by atoms with Gasteiger partial charge in [-0.1, -0.05) is 176 Å². The van der Waals surface area contributed by atoms with Gasteiger partial charge < -0.3 is 47.4 Å². The van der Waals surface area contributed by atoms with Crippen LogP contribution in [0, 0.1) is 0 Å². The zero-order valence-corrected chi connectivity index (χ0v) is 41.9. The molecule has 1 unspecified atom stereocenters. The lowest BCUT2D eigenvalue weighted by Crippen LogP contribution is -2.63. The maximum atomic E-state index is 14.2. The van der Waals surface area contributed by atoms with Crippen molar-refractivity contribution in [1.29, 1.82) is 0 Å². The van der Waals surface area contributed by atoms with Gasteiger partial charge in [0, 0.05) is 10.5 Å². The predicted molar refractivity (Wildman–Crippen MR) is 274 cm³/mol. The molecule has 73 heavy (non-hydrogen) atoms. The summed E-state index contributed by atoms with van der Waals surface area (Å²) in [6, 6.07) is 56.7. The van der Waals surface area contributed by atoms with Crippen molar-refractivity contribution in [3.05, 3.63) is 210 Å². The minimum Gasteiger partial charge on any atom is -0.462 e. The van der Waals surface area contributed by atoms with Gasteiger partial charge in [0.15, 0.2) is 18.5 Å². The number of hydrogen-bond donors (Lipinski definition) is 0. The van der Waals surface area contributed by atoms with Crippen LogP contribution in [-0.2, 0) is 76.8 Å². The Morgan fingerprint density at radius 2 is 1.07 bits per heavy atom. The van der Waals surface area contributed by atoms with Crippen molar-refractivity contribution in [2.45, 2.75) is 104 Å². The van der Waals surface area contributed by atoms with Crippen LogP contribution in [0.2, 0.25) is 0 Å². The summed E-state index contributed by atoms with van der Waals surface area (Å²) in [4.78, 5) is 42.9. The maximum absolute atomic E-state index is 14.2. The zero-order valence-electron chi connectivity index (χ0n) is 40.2. The molecule has 3 saturated heterocycles. The lowest BCUT2D eigenvalue weighted by molar-refractivity contribution is -0.319. The van der Waals surface area contributed by atoms with Crippen molar-refractivity contribution in [3.63, 3.8) is 0 Å². The maximum Gasteiger partial charge on any atom is 0.338 e. The molecule has 15 heteroatoms. The number of fused-ring (bicyclic) bond motifs is 1. The molecule has 3 heterocycles. The highest BCUT2D eigenvalue weighted by molar-refractivity contribution is 8.00. The van der Waals surface area contributed by atoms with Gasteiger partial charge in [-0.2, -0.15) is 0 Å². The molecule has 0 amide bonds. The van der Waals surface area contributed by atoms with Gasteiger partial charge >= 0.3 is 17.9 Å². The molecule has 380 valence electrons. The minimum atomic E-state index is -1.25. The van der Waals surface area contributed by atoms with Crippen LogP contribution in [0.4, 0.5) is 0 Å². The van der Waals surface area contributed by atoms with Crippen molar-refractivity contribution in [2.24, 2.45) is 0 Å².